The number of halogens is 1. The summed E-state index contributed by atoms with van der Waals surface area (Å²) < 4.78 is 1.77. The number of aliphatic hydroxyl groups is 1. The van der Waals surface area contributed by atoms with Gasteiger partial charge in [-0.15, -0.1) is 18.2 Å². The molecule has 0 aliphatic rings. The van der Waals surface area contributed by atoms with Gasteiger partial charge in [0.1, 0.15) is 13.7 Å². The molecule has 2 heterocycles. The van der Waals surface area contributed by atoms with E-state index in [0.29, 0.717) is 21.4 Å². The second-order valence-electron chi connectivity index (χ2n) is 11.1. The Hall–Kier alpha value is -3.54. The summed E-state index contributed by atoms with van der Waals surface area (Å²) in [5.41, 5.74) is 7.36. The van der Waals surface area contributed by atoms with Gasteiger partial charge < -0.3 is 14.7 Å². The summed E-state index contributed by atoms with van der Waals surface area (Å²) in [6.07, 6.45) is 1.91. The van der Waals surface area contributed by atoms with Gasteiger partial charge in [-0.3, -0.25) is 4.79 Å². The van der Waals surface area contributed by atoms with E-state index in [2.05, 4.69) is 53.7 Å². The van der Waals surface area contributed by atoms with Crippen LogP contribution in [0.3, 0.4) is 0 Å². The molecule has 5 aromatic rings. The monoisotopic (exact) mass is 583 g/mol. The Bertz CT molecular complexity index is 1850. The number of hydrogen-bond acceptors (Lipinski definition) is 4. The molecule has 0 saturated heterocycles. The molecule has 5 rings (SSSR count). The highest BCUT2D eigenvalue weighted by atomic mass is 35.5. The van der Waals surface area contributed by atoms with Crippen LogP contribution in [0.15, 0.2) is 88.9 Å². The van der Waals surface area contributed by atoms with E-state index in [4.69, 9.17) is 11.6 Å². The first-order chi connectivity index (χ1) is 18.9. The number of pyridine rings is 1. The number of rotatable bonds is 5. The number of fused-ring (bicyclic) bond motifs is 1. The van der Waals surface area contributed by atoms with Crippen LogP contribution >= 0.6 is 24.2 Å². The predicted molar refractivity (Wildman–Crippen MR) is 169 cm³/mol. The molecule has 2 N–H and O–H groups in total. The third-order valence-electron chi connectivity index (χ3n) is 6.83. The van der Waals surface area contributed by atoms with Gasteiger partial charge in [-0.05, 0) is 58.7 Å². The molecule has 2 aromatic heterocycles. The average Bonchev–Trinajstić information content (AvgIpc) is 3.25. The van der Waals surface area contributed by atoms with E-state index >= 15 is 0 Å². The minimum absolute atomic E-state index is 0.178. The Labute approximate surface area is 245 Å². The Morgan fingerprint density at radius 1 is 1.07 bits per heavy atom. The summed E-state index contributed by atoms with van der Waals surface area (Å²) in [6.45, 7) is 6.64. The molecule has 0 bridgehead atoms. The molecule has 202 valence electrons. The van der Waals surface area contributed by atoms with Crippen molar-refractivity contribution in [3.05, 3.63) is 117 Å². The molecule has 0 saturated carbocycles. The van der Waals surface area contributed by atoms with Gasteiger partial charge in [0.15, 0.2) is 5.16 Å². The van der Waals surface area contributed by atoms with E-state index in [0.717, 1.165) is 33.2 Å². The minimum Gasteiger partial charge on any atom is -0.378 e. The van der Waals surface area contributed by atoms with Crippen molar-refractivity contribution in [1.82, 2.24) is 14.5 Å². The number of H-pyrrole nitrogens is 1. The number of nitrogens with one attached hydrogen (secondary N) is 1. The summed E-state index contributed by atoms with van der Waals surface area (Å²) >= 11 is 10.6. The fraction of sp³-hybridized carbons (Fsp3) is 0.188. The summed E-state index contributed by atoms with van der Waals surface area (Å²) in [4.78, 5) is 19.9. The van der Waals surface area contributed by atoms with E-state index in [1.165, 1.54) is 0 Å². The number of thiol groups is 1. The highest BCUT2D eigenvalue weighted by molar-refractivity contribution is 7.80. The van der Waals surface area contributed by atoms with Crippen molar-refractivity contribution in [2.24, 2.45) is 7.05 Å². The molecule has 1 atom stereocenters. The molecule has 8 heteroatoms. The topological polar surface area (TPSA) is 70.9 Å². The molecule has 0 radical (unpaired) electrons. The molecule has 0 amide bonds. The normalized spacial score (nSPS) is 13.1. The minimum atomic E-state index is -1.54. The molecule has 0 spiro atoms. The van der Waals surface area contributed by atoms with E-state index < -0.39 is 13.7 Å². The van der Waals surface area contributed by atoms with E-state index in [1.807, 2.05) is 61.6 Å². The molecule has 1 unspecified atom stereocenters. The molecular weight excluding hydrogens is 554 g/mol. The standard InChI is InChI=1S/C32H30ClN3O2SSi/c1-36-29(20-34-31(36)39)32(38,24-9-11-25(33)12-10-24)19-22-8-13-28-27(17-22)26(18-30(37)35-28)23-7-5-6-21(16-23)14-15-40(2,3)4/h5-13,16-18,20,38H,19H2,1-4H3,(H,34,39)(H,35,37). The van der Waals surface area contributed by atoms with Gasteiger partial charge in [-0.2, -0.15) is 0 Å². The van der Waals surface area contributed by atoms with Gasteiger partial charge in [0, 0.05) is 41.0 Å². The van der Waals surface area contributed by atoms with Crippen molar-refractivity contribution in [3.63, 3.8) is 0 Å². The maximum Gasteiger partial charge on any atom is 0.249 e. The zero-order chi connectivity index (χ0) is 28.7. The number of aromatic amines is 1. The van der Waals surface area contributed by atoms with Gasteiger partial charge in [-0.1, -0.05) is 67.5 Å². The Morgan fingerprint density at radius 3 is 2.50 bits per heavy atom. The van der Waals surface area contributed by atoms with Crippen LogP contribution < -0.4 is 5.56 Å². The Kier molecular flexibility index (Phi) is 7.55. The van der Waals surface area contributed by atoms with Crippen LogP contribution in [-0.4, -0.2) is 27.7 Å². The first-order valence-electron chi connectivity index (χ1n) is 12.9. The average molecular weight is 584 g/mol. The number of aromatic nitrogens is 3. The fourth-order valence-corrected chi connectivity index (χ4v) is 5.63. The zero-order valence-corrected chi connectivity index (χ0v) is 25.4. The van der Waals surface area contributed by atoms with Crippen molar-refractivity contribution in [1.29, 1.82) is 0 Å². The molecule has 0 aliphatic carbocycles. The third kappa shape index (κ3) is 5.81. The van der Waals surface area contributed by atoms with Gasteiger partial charge in [0.25, 0.3) is 0 Å². The summed E-state index contributed by atoms with van der Waals surface area (Å²) in [7, 11) is 0.287. The SMILES string of the molecule is Cn1c(C(O)(Cc2ccc3[nH]c(=O)cc(-c4cccc(C#C[Si](C)(C)C)c4)c3c2)c2ccc(Cl)cc2)cnc1S. The Balaban J connectivity index is 1.64. The lowest BCUT2D eigenvalue weighted by Crippen LogP contribution is -2.32. The van der Waals surface area contributed by atoms with Gasteiger partial charge in [0.05, 0.1) is 11.9 Å². The van der Waals surface area contributed by atoms with Crippen molar-refractivity contribution >= 4 is 43.2 Å². The predicted octanol–water partition coefficient (Wildman–Crippen LogP) is 6.58. The largest absolute Gasteiger partial charge is 0.378 e. The van der Waals surface area contributed by atoms with Crippen LogP contribution in [0.1, 0.15) is 22.4 Å². The van der Waals surface area contributed by atoms with Crippen LogP contribution in [0, 0.1) is 11.5 Å². The van der Waals surface area contributed by atoms with Crippen LogP contribution in [0.25, 0.3) is 22.0 Å². The molecule has 5 nitrogen and oxygen atoms in total. The van der Waals surface area contributed by atoms with Crippen molar-refractivity contribution in [3.8, 4) is 22.6 Å². The fourth-order valence-electron chi connectivity index (χ4n) is 4.82. The van der Waals surface area contributed by atoms with Gasteiger partial charge in [0.2, 0.25) is 5.56 Å². The van der Waals surface area contributed by atoms with Crippen molar-refractivity contribution < 1.29 is 5.11 Å². The zero-order valence-electron chi connectivity index (χ0n) is 22.8. The molecular formula is C32H30ClN3O2SSi. The lowest BCUT2D eigenvalue weighted by molar-refractivity contribution is 0.0727. The van der Waals surface area contributed by atoms with E-state index in [-0.39, 0.29) is 12.0 Å². The second-order valence-corrected chi connectivity index (χ2v) is 16.6. The number of imidazole rings is 1. The lowest BCUT2D eigenvalue weighted by atomic mass is 9.84. The van der Waals surface area contributed by atoms with E-state index in [9.17, 15) is 9.90 Å². The maximum absolute atomic E-state index is 12.6. The molecule has 0 fully saturated rings. The highest BCUT2D eigenvalue weighted by Crippen LogP contribution is 2.36. The van der Waals surface area contributed by atoms with Crippen LogP contribution in [0.4, 0.5) is 0 Å². The summed E-state index contributed by atoms with van der Waals surface area (Å²) in [6, 6.07) is 22.6. The molecule has 3 aromatic carbocycles. The van der Waals surface area contributed by atoms with Crippen LogP contribution in [0.2, 0.25) is 24.7 Å². The number of nitrogens with zero attached hydrogens (tertiary/aromatic N) is 2. The maximum atomic E-state index is 12.6. The highest BCUT2D eigenvalue weighted by Gasteiger charge is 2.35. The molecule has 0 aliphatic heterocycles. The summed E-state index contributed by atoms with van der Waals surface area (Å²) in [5, 5.41) is 14.2. The first kappa shape index (κ1) is 28.0. The second kappa shape index (κ2) is 10.8. The third-order valence-corrected chi connectivity index (χ3v) is 8.37. The Morgan fingerprint density at radius 2 is 1.82 bits per heavy atom. The summed E-state index contributed by atoms with van der Waals surface area (Å²) in [5.74, 6) is 3.32. The lowest BCUT2D eigenvalue weighted by Gasteiger charge is -2.30. The van der Waals surface area contributed by atoms with Crippen LogP contribution in [0.5, 0.6) is 0 Å². The van der Waals surface area contributed by atoms with Gasteiger partial charge >= 0.3 is 0 Å². The number of hydrogen-bond donors (Lipinski definition) is 3. The molecule has 40 heavy (non-hydrogen) atoms. The van der Waals surface area contributed by atoms with Crippen molar-refractivity contribution in [2.45, 2.75) is 36.8 Å². The smallest absolute Gasteiger partial charge is 0.249 e. The van der Waals surface area contributed by atoms with E-state index in [1.54, 1.807) is 29.0 Å². The quantitative estimate of drug-likeness (QED) is 0.124. The van der Waals surface area contributed by atoms with Crippen LogP contribution in [-0.2, 0) is 19.1 Å². The first-order valence-corrected chi connectivity index (χ1v) is 17.2. The number of benzene rings is 3. The van der Waals surface area contributed by atoms with Gasteiger partial charge in [-0.25, -0.2) is 4.98 Å². The van der Waals surface area contributed by atoms with Crippen molar-refractivity contribution in [2.75, 3.05) is 0 Å².